The van der Waals surface area contributed by atoms with Gasteiger partial charge in [0.05, 0.1) is 35.9 Å². The number of likely N-dealkylation sites (N-methyl/N-ethyl adjacent to an activating group) is 1. The number of hydrogen-bond acceptors (Lipinski definition) is 4. The van der Waals surface area contributed by atoms with Crippen LogP contribution in [0.3, 0.4) is 0 Å². The lowest BCUT2D eigenvalue weighted by molar-refractivity contribution is -0.885. The van der Waals surface area contributed by atoms with Gasteiger partial charge in [-0.25, -0.2) is 12.8 Å². The SMILES string of the molecule is Cc1nn([C@@H]2CCS(=O)(=O)C2)c(C)c1C[NH+](C)CC(=O)NCc1ccccc1F. The van der Waals surface area contributed by atoms with E-state index in [9.17, 15) is 17.6 Å². The molecule has 1 aromatic carbocycles. The Balaban J connectivity index is 1.58. The van der Waals surface area contributed by atoms with Gasteiger partial charge in [-0.05, 0) is 26.3 Å². The molecule has 0 bridgehead atoms. The van der Waals surface area contributed by atoms with Gasteiger partial charge in [0.1, 0.15) is 12.4 Å². The molecule has 1 saturated heterocycles. The van der Waals surface area contributed by atoms with E-state index in [1.165, 1.54) is 6.07 Å². The topological polar surface area (TPSA) is 85.5 Å². The number of hydrogen-bond donors (Lipinski definition) is 2. The molecule has 0 spiro atoms. The van der Waals surface area contributed by atoms with Gasteiger partial charge in [-0.2, -0.15) is 5.10 Å². The van der Waals surface area contributed by atoms with Crippen molar-refractivity contribution in [2.24, 2.45) is 0 Å². The molecule has 29 heavy (non-hydrogen) atoms. The minimum Gasteiger partial charge on any atom is -0.347 e. The molecule has 0 saturated carbocycles. The van der Waals surface area contributed by atoms with Crippen LogP contribution in [-0.2, 0) is 27.7 Å². The minimum absolute atomic E-state index is 0.114. The lowest BCUT2D eigenvalue weighted by Gasteiger charge is -2.15. The highest BCUT2D eigenvalue weighted by Gasteiger charge is 2.31. The monoisotopic (exact) mass is 423 g/mol. The van der Waals surface area contributed by atoms with Gasteiger partial charge in [-0.1, -0.05) is 18.2 Å². The summed E-state index contributed by atoms with van der Waals surface area (Å²) in [4.78, 5) is 13.2. The van der Waals surface area contributed by atoms with E-state index >= 15 is 0 Å². The number of nitrogens with one attached hydrogen (secondary N) is 2. The summed E-state index contributed by atoms with van der Waals surface area (Å²) >= 11 is 0. The molecule has 1 amide bonds. The van der Waals surface area contributed by atoms with Gasteiger partial charge < -0.3 is 10.2 Å². The predicted molar refractivity (Wildman–Crippen MR) is 108 cm³/mol. The fraction of sp³-hybridized carbons (Fsp3) is 0.500. The van der Waals surface area contributed by atoms with Gasteiger partial charge in [-0.3, -0.25) is 9.48 Å². The molecule has 2 heterocycles. The maximum Gasteiger partial charge on any atom is 0.275 e. The molecule has 2 N–H and O–H groups in total. The number of halogens is 1. The molecule has 0 aliphatic carbocycles. The smallest absolute Gasteiger partial charge is 0.275 e. The Morgan fingerprint density at radius 2 is 2.07 bits per heavy atom. The Morgan fingerprint density at radius 1 is 1.34 bits per heavy atom. The fourth-order valence-corrected chi connectivity index (χ4v) is 5.51. The van der Waals surface area contributed by atoms with Crippen LogP contribution < -0.4 is 10.2 Å². The molecule has 3 rings (SSSR count). The Morgan fingerprint density at radius 3 is 2.72 bits per heavy atom. The van der Waals surface area contributed by atoms with Crippen LogP contribution >= 0.6 is 0 Å². The normalized spacial score (nSPS) is 19.2. The number of rotatable bonds is 7. The van der Waals surface area contributed by atoms with Crippen LogP contribution in [0.2, 0.25) is 0 Å². The zero-order valence-corrected chi connectivity index (χ0v) is 17.9. The van der Waals surface area contributed by atoms with E-state index in [1.807, 2.05) is 25.6 Å². The molecule has 9 heteroatoms. The van der Waals surface area contributed by atoms with E-state index in [1.54, 1.807) is 18.2 Å². The molecule has 1 fully saturated rings. The van der Waals surface area contributed by atoms with Gasteiger partial charge in [0, 0.05) is 17.8 Å². The first-order chi connectivity index (χ1) is 13.7. The Hall–Kier alpha value is -2.26. The van der Waals surface area contributed by atoms with Crippen molar-refractivity contribution in [3.63, 3.8) is 0 Å². The lowest BCUT2D eigenvalue weighted by atomic mass is 10.1. The third-order valence-electron chi connectivity index (χ3n) is 5.40. The summed E-state index contributed by atoms with van der Waals surface area (Å²) in [6.07, 6.45) is 0.588. The van der Waals surface area contributed by atoms with Gasteiger partial charge in [0.15, 0.2) is 16.4 Å². The number of aromatic nitrogens is 2. The summed E-state index contributed by atoms with van der Waals surface area (Å²) in [7, 11) is -1.07. The van der Waals surface area contributed by atoms with Crippen molar-refractivity contribution in [3.05, 3.63) is 52.6 Å². The standard InChI is InChI=1S/C20H27FN4O3S/c1-14-18(15(2)25(23-14)17-8-9-29(27,28)13-17)11-24(3)12-20(26)22-10-16-6-4-5-7-19(16)21/h4-7,17H,8-13H2,1-3H3,(H,22,26)/p+1/t17-/m1/s1. The number of sulfone groups is 1. The van der Waals surface area contributed by atoms with E-state index in [-0.39, 0.29) is 42.4 Å². The van der Waals surface area contributed by atoms with Gasteiger partial charge in [0.25, 0.3) is 5.91 Å². The van der Waals surface area contributed by atoms with Gasteiger partial charge in [-0.15, -0.1) is 0 Å². The number of aryl methyl sites for hydroxylation is 1. The zero-order chi connectivity index (χ0) is 21.2. The first-order valence-corrected chi connectivity index (χ1v) is 11.5. The highest BCUT2D eigenvalue weighted by atomic mass is 32.2. The first-order valence-electron chi connectivity index (χ1n) is 9.72. The van der Waals surface area contributed by atoms with Crippen LogP contribution in [0.5, 0.6) is 0 Å². The number of carbonyl (C=O) groups excluding carboxylic acids is 1. The Kier molecular flexibility index (Phi) is 6.38. The molecule has 7 nitrogen and oxygen atoms in total. The summed E-state index contributed by atoms with van der Waals surface area (Å²) in [6, 6.07) is 6.26. The highest BCUT2D eigenvalue weighted by molar-refractivity contribution is 7.91. The third kappa shape index (κ3) is 5.22. The predicted octanol–water partition coefficient (Wildman–Crippen LogP) is 0.330. The maximum absolute atomic E-state index is 13.7. The molecule has 0 radical (unpaired) electrons. The van der Waals surface area contributed by atoms with Crippen molar-refractivity contribution < 1.29 is 22.5 Å². The Bertz CT molecular complexity index is 1000. The second-order valence-corrected chi connectivity index (χ2v) is 10.1. The fourth-order valence-electron chi connectivity index (χ4n) is 3.81. The van der Waals surface area contributed by atoms with Gasteiger partial charge in [0.2, 0.25) is 0 Å². The molecule has 1 aliphatic rings. The molecular formula is C20H28FN4O3S+. The van der Waals surface area contributed by atoms with E-state index in [4.69, 9.17) is 0 Å². The van der Waals surface area contributed by atoms with Crippen LogP contribution in [0.1, 0.15) is 35.0 Å². The average molecular weight is 424 g/mol. The molecule has 1 aromatic heterocycles. The summed E-state index contributed by atoms with van der Waals surface area (Å²) in [6.45, 7) is 4.87. The van der Waals surface area contributed by atoms with Gasteiger partial charge >= 0.3 is 0 Å². The molecular weight excluding hydrogens is 395 g/mol. The van der Waals surface area contributed by atoms with Crippen LogP contribution in [-0.4, -0.2) is 49.2 Å². The number of amides is 1. The molecule has 158 valence electrons. The van der Waals surface area contributed by atoms with E-state index < -0.39 is 9.84 Å². The van der Waals surface area contributed by atoms with Crippen molar-refractivity contribution >= 4 is 15.7 Å². The quantitative estimate of drug-likeness (QED) is 0.672. The summed E-state index contributed by atoms with van der Waals surface area (Å²) < 4.78 is 39.1. The minimum atomic E-state index is -2.98. The maximum atomic E-state index is 13.7. The van der Waals surface area contributed by atoms with E-state index in [2.05, 4.69) is 10.4 Å². The average Bonchev–Trinajstić information content (AvgIpc) is 3.14. The lowest BCUT2D eigenvalue weighted by Crippen LogP contribution is -3.09. The molecule has 1 aliphatic heterocycles. The zero-order valence-electron chi connectivity index (χ0n) is 17.0. The van der Waals surface area contributed by atoms with E-state index in [0.29, 0.717) is 18.5 Å². The van der Waals surface area contributed by atoms with Crippen molar-refractivity contribution in [1.82, 2.24) is 15.1 Å². The van der Waals surface area contributed by atoms with Crippen LogP contribution in [0.25, 0.3) is 0 Å². The summed E-state index contributed by atoms with van der Waals surface area (Å²) in [5.41, 5.74) is 3.31. The van der Waals surface area contributed by atoms with Crippen LogP contribution in [0.15, 0.2) is 24.3 Å². The second-order valence-electron chi connectivity index (χ2n) is 7.83. The summed E-state index contributed by atoms with van der Waals surface area (Å²) in [5.74, 6) is -0.148. The van der Waals surface area contributed by atoms with Crippen LogP contribution in [0.4, 0.5) is 4.39 Å². The molecule has 1 unspecified atom stereocenters. The number of nitrogens with zero attached hydrogens (tertiary/aromatic N) is 2. The summed E-state index contributed by atoms with van der Waals surface area (Å²) in [5, 5.41) is 7.33. The number of benzene rings is 1. The van der Waals surface area contributed by atoms with Crippen molar-refractivity contribution in [2.75, 3.05) is 25.1 Å². The van der Waals surface area contributed by atoms with Crippen molar-refractivity contribution in [1.29, 1.82) is 0 Å². The van der Waals surface area contributed by atoms with Crippen molar-refractivity contribution in [3.8, 4) is 0 Å². The first kappa shape index (κ1) is 21.4. The Labute approximate surface area is 170 Å². The third-order valence-corrected chi connectivity index (χ3v) is 7.15. The number of carbonyl (C=O) groups is 1. The largest absolute Gasteiger partial charge is 0.347 e. The van der Waals surface area contributed by atoms with Crippen molar-refractivity contribution in [2.45, 2.75) is 39.4 Å². The van der Waals surface area contributed by atoms with E-state index in [0.717, 1.165) is 21.9 Å². The highest BCUT2D eigenvalue weighted by Crippen LogP contribution is 2.26. The van der Waals surface area contributed by atoms with Crippen LogP contribution in [0, 0.1) is 19.7 Å². The second kappa shape index (κ2) is 8.62. The molecule has 2 aromatic rings. The molecule has 2 atom stereocenters. The number of quaternary nitrogens is 1.